The Morgan fingerprint density at radius 3 is 2.66 bits per heavy atom. The number of carbonyl (C=O) groups is 1. The lowest BCUT2D eigenvalue weighted by molar-refractivity contribution is -0.122. The molecule has 3 aromatic carbocycles. The van der Waals surface area contributed by atoms with Crippen LogP contribution in [-0.4, -0.2) is 22.6 Å². The summed E-state index contributed by atoms with van der Waals surface area (Å²) in [5.74, 6) is 1.45. The van der Waals surface area contributed by atoms with Gasteiger partial charge in [0.2, 0.25) is 5.91 Å². The van der Waals surface area contributed by atoms with Crippen molar-refractivity contribution in [2.24, 2.45) is 0 Å². The van der Waals surface area contributed by atoms with Gasteiger partial charge < -0.3 is 14.6 Å². The third-order valence-corrected chi connectivity index (χ3v) is 5.44. The van der Waals surface area contributed by atoms with Crippen molar-refractivity contribution in [3.8, 4) is 5.75 Å². The summed E-state index contributed by atoms with van der Waals surface area (Å²) in [7, 11) is 1.66. The Morgan fingerprint density at radius 2 is 1.86 bits per heavy atom. The molecule has 4 aromatic rings. The number of hydrogen-bond acceptors (Lipinski definition) is 3. The maximum absolute atomic E-state index is 12.8. The van der Waals surface area contributed by atoms with Gasteiger partial charge in [-0.3, -0.25) is 4.79 Å². The molecule has 5 heteroatoms. The van der Waals surface area contributed by atoms with Gasteiger partial charge in [0.15, 0.2) is 0 Å². The van der Waals surface area contributed by atoms with Crippen LogP contribution in [0.4, 0.5) is 0 Å². The first-order valence-corrected chi connectivity index (χ1v) is 9.90. The van der Waals surface area contributed by atoms with E-state index in [1.165, 1.54) is 0 Å². The fourth-order valence-electron chi connectivity index (χ4n) is 3.72. The highest BCUT2D eigenvalue weighted by atomic mass is 16.5. The summed E-state index contributed by atoms with van der Waals surface area (Å²) in [6, 6.07) is 20.1. The Morgan fingerprint density at radius 1 is 1.10 bits per heavy atom. The van der Waals surface area contributed by atoms with Crippen molar-refractivity contribution >= 4 is 27.7 Å². The second kappa shape index (κ2) is 7.95. The highest BCUT2D eigenvalue weighted by molar-refractivity contribution is 5.88. The van der Waals surface area contributed by atoms with E-state index in [1.54, 1.807) is 7.11 Å². The van der Waals surface area contributed by atoms with Gasteiger partial charge in [0, 0.05) is 6.54 Å². The van der Waals surface area contributed by atoms with Crippen molar-refractivity contribution in [2.75, 3.05) is 7.11 Å². The van der Waals surface area contributed by atoms with Gasteiger partial charge in [-0.2, -0.15) is 0 Å². The largest absolute Gasteiger partial charge is 0.497 e. The second-order valence-electron chi connectivity index (χ2n) is 7.17. The third-order valence-electron chi connectivity index (χ3n) is 5.44. The van der Waals surface area contributed by atoms with Crippen molar-refractivity contribution in [2.45, 2.75) is 32.9 Å². The minimum Gasteiger partial charge on any atom is -0.497 e. The monoisotopic (exact) mass is 387 g/mol. The van der Waals surface area contributed by atoms with Gasteiger partial charge in [0.25, 0.3) is 0 Å². The first-order valence-electron chi connectivity index (χ1n) is 9.90. The van der Waals surface area contributed by atoms with Crippen LogP contribution in [0.25, 0.3) is 21.8 Å². The van der Waals surface area contributed by atoms with Gasteiger partial charge in [0.05, 0.1) is 30.6 Å². The molecule has 0 spiro atoms. The molecule has 0 radical (unpaired) electrons. The molecule has 1 atom stereocenters. The van der Waals surface area contributed by atoms with E-state index >= 15 is 0 Å². The summed E-state index contributed by atoms with van der Waals surface area (Å²) in [6.45, 7) is 5.25. The van der Waals surface area contributed by atoms with E-state index in [0.29, 0.717) is 6.54 Å². The molecule has 29 heavy (non-hydrogen) atoms. The average molecular weight is 387 g/mol. The van der Waals surface area contributed by atoms with E-state index in [0.717, 1.165) is 45.5 Å². The number of imidazole rings is 1. The number of aromatic nitrogens is 2. The molecule has 0 bridgehead atoms. The van der Waals surface area contributed by atoms with Crippen LogP contribution in [-0.2, 0) is 17.9 Å². The number of para-hydroxylation sites is 2. The molecule has 1 heterocycles. The summed E-state index contributed by atoms with van der Waals surface area (Å²) in [5.41, 5.74) is 3.04. The molecule has 1 N–H and O–H groups in total. The van der Waals surface area contributed by atoms with Crippen LogP contribution in [0, 0.1) is 0 Å². The van der Waals surface area contributed by atoms with Gasteiger partial charge in [-0.1, -0.05) is 36.4 Å². The van der Waals surface area contributed by atoms with Gasteiger partial charge in [0.1, 0.15) is 11.6 Å². The molecule has 0 aliphatic heterocycles. The quantitative estimate of drug-likeness (QED) is 0.524. The Balaban J connectivity index is 1.50. The first-order chi connectivity index (χ1) is 14.1. The van der Waals surface area contributed by atoms with Crippen molar-refractivity contribution in [1.82, 2.24) is 14.9 Å². The number of nitrogens with zero attached hydrogens (tertiary/aromatic N) is 2. The highest BCUT2D eigenvalue weighted by Gasteiger charge is 2.17. The fraction of sp³-hybridized carbons (Fsp3) is 0.250. The molecule has 0 aliphatic carbocycles. The smallest absolute Gasteiger partial charge is 0.227 e. The van der Waals surface area contributed by atoms with Crippen LogP contribution in [0.5, 0.6) is 5.75 Å². The molecule has 4 rings (SSSR count). The van der Waals surface area contributed by atoms with E-state index in [2.05, 4.69) is 33.9 Å². The first kappa shape index (κ1) is 19.0. The van der Waals surface area contributed by atoms with E-state index in [4.69, 9.17) is 4.74 Å². The normalized spacial score (nSPS) is 12.2. The Hall–Kier alpha value is -3.34. The second-order valence-corrected chi connectivity index (χ2v) is 7.17. The minimum absolute atomic E-state index is 0.00688. The maximum Gasteiger partial charge on any atom is 0.227 e. The number of aryl methyl sites for hydroxylation is 1. The Bertz CT molecular complexity index is 1180. The molecule has 0 saturated carbocycles. The lowest BCUT2D eigenvalue weighted by Gasteiger charge is -2.14. The number of benzene rings is 3. The van der Waals surface area contributed by atoms with Crippen molar-refractivity contribution in [1.29, 1.82) is 0 Å². The summed E-state index contributed by atoms with van der Waals surface area (Å²) >= 11 is 0. The van der Waals surface area contributed by atoms with E-state index in [1.807, 2.05) is 55.5 Å². The number of hydrogen-bond donors (Lipinski definition) is 1. The van der Waals surface area contributed by atoms with E-state index in [-0.39, 0.29) is 11.8 Å². The van der Waals surface area contributed by atoms with E-state index < -0.39 is 0 Å². The lowest BCUT2D eigenvalue weighted by atomic mass is 9.97. The number of carbonyl (C=O) groups excluding carboxylic acids is 1. The number of ether oxygens (including phenoxy) is 1. The zero-order valence-corrected chi connectivity index (χ0v) is 17.0. The van der Waals surface area contributed by atoms with Crippen LogP contribution in [0.1, 0.15) is 31.2 Å². The topological polar surface area (TPSA) is 56.2 Å². The van der Waals surface area contributed by atoms with Crippen LogP contribution in [0.2, 0.25) is 0 Å². The lowest BCUT2D eigenvalue weighted by Crippen LogP contribution is -2.28. The van der Waals surface area contributed by atoms with Gasteiger partial charge in [-0.05, 0) is 54.4 Å². The summed E-state index contributed by atoms with van der Waals surface area (Å²) in [6.07, 6.45) is 0. The van der Waals surface area contributed by atoms with Crippen molar-refractivity contribution < 1.29 is 9.53 Å². The molecule has 1 aromatic heterocycles. The van der Waals surface area contributed by atoms with Crippen LogP contribution < -0.4 is 10.1 Å². The van der Waals surface area contributed by atoms with Gasteiger partial charge in [-0.15, -0.1) is 0 Å². The third kappa shape index (κ3) is 3.68. The highest BCUT2D eigenvalue weighted by Crippen LogP contribution is 2.25. The molecule has 1 amide bonds. The zero-order chi connectivity index (χ0) is 20.4. The van der Waals surface area contributed by atoms with Crippen LogP contribution in [0.3, 0.4) is 0 Å². The minimum atomic E-state index is -0.249. The van der Waals surface area contributed by atoms with Crippen molar-refractivity contribution in [3.05, 3.63) is 72.1 Å². The predicted octanol–water partition coefficient (Wildman–Crippen LogP) is 4.64. The number of methoxy groups -OCH3 is 1. The number of fused-ring (bicyclic) bond motifs is 2. The molecule has 0 saturated heterocycles. The molecule has 148 valence electrons. The summed E-state index contributed by atoms with van der Waals surface area (Å²) in [4.78, 5) is 17.5. The standard InChI is InChI=1S/C24H25N3O2/c1-4-27-22-8-6-5-7-21(22)26-23(27)15-25-24(28)16(2)17-9-10-19-14-20(29-3)12-11-18(19)13-17/h5-14,16H,4,15H2,1-3H3,(H,25,28)/t16-/m0/s1. The zero-order valence-electron chi connectivity index (χ0n) is 17.0. The predicted molar refractivity (Wildman–Crippen MR) is 116 cm³/mol. The summed E-state index contributed by atoms with van der Waals surface area (Å²) in [5, 5.41) is 5.24. The molecular formula is C24H25N3O2. The Kier molecular flexibility index (Phi) is 5.21. The molecule has 5 nitrogen and oxygen atoms in total. The van der Waals surface area contributed by atoms with Crippen LogP contribution in [0.15, 0.2) is 60.7 Å². The molecule has 0 fully saturated rings. The SMILES string of the molecule is CCn1c(CNC(=O)[C@@H](C)c2ccc3cc(OC)ccc3c2)nc2ccccc21. The summed E-state index contributed by atoms with van der Waals surface area (Å²) < 4.78 is 7.42. The van der Waals surface area contributed by atoms with Crippen LogP contribution >= 0.6 is 0 Å². The van der Waals surface area contributed by atoms with Gasteiger partial charge >= 0.3 is 0 Å². The number of amides is 1. The van der Waals surface area contributed by atoms with Gasteiger partial charge in [-0.25, -0.2) is 4.98 Å². The van der Waals surface area contributed by atoms with E-state index in [9.17, 15) is 4.79 Å². The van der Waals surface area contributed by atoms with Crippen molar-refractivity contribution in [3.63, 3.8) is 0 Å². The fourth-order valence-corrected chi connectivity index (χ4v) is 3.72. The maximum atomic E-state index is 12.8. The molecule has 0 aliphatic rings. The molecule has 0 unspecified atom stereocenters. The molecular weight excluding hydrogens is 362 g/mol. The Labute approximate surface area is 170 Å². The average Bonchev–Trinajstić information content (AvgIpc) is 3.13. The number of nitrogens with one attached hydrogen (secondary N) is 1. The number of rotatable bonds is 6.